The van der Waals surface area contributed by atoms with E-state index in [9.17, 15) is 0 Å². The molecule has 1 aliphatic carbocycles. The van der Waals surface area contributed by atoms with Gasteiger partial charge in [-0.2, -0.15) is 0 Å². The van der Waals surface area contributed by atoms with Gasteiger partial charge in [0.05, 0.1) is 6.10 Å². The maximum absolute atomic E-state index is 8.94. The standard InChI is InChI=1S/C6H13NO.ClH/c7-4-6(8)3-5-1-2-5;/h5-6,8H,1-4,7H2;1H. The van der Waals surface area contributed by atoms with Crippen molar-refractivity contribution in [2.75, 3.05) is 6.54 Å². The Morgan fingerprint density at radius 2 is 2.11 bits per heavy atom. The second kappa shape index (κ2) is 4.09. The lowest BCUT2D eigenvalue weighted by molar-refractivity contribution is 0.166. The van der Waals surface area contributed by atoms with Gasteiger partial charge in [-0.15, -0.1) is 12.4 Å². The topological polar surface area (TPSA) is 46.2 Å². The van der Waals surface area contributed by atoms with Crippen molar-refractivity contribution in [3.05, 3.63) is 0 Å². The highest BCUT2D eigenvalue weighted by atomic mass is 35.5. The number of aliphatic hydroxyl groups is 1. The first-order chi connectivity index (χ1) is 3.83. The van der Waals surface area contributed by atoms with Crippen LogP contribution in [0.3, 0.4) is 0 Å². The van der Waals surface area contributed by atoms with Crippen LogP contribution in [0, 0.1) is 5.92 Å². The molecule has 1 saturated carbocycles. The van der Waals surface area contributed by atoms with Crippen molar-refractivity contribution in [3.8, 4) is 0 Å². The fourth-order valence-corrected chi connectivity index (χ4v) is 0.835. The number of halogens is 1. The lowest BCUT2D eigenvalue weighted by Crippen LogP contribution is -2.19. The maximum Gasteiger partial charge on any atom is 0.0665 e. The molecule has 0 bridgehead atoms. The summed E-state index contributed by atoms with van der Waals surface area (Å²) < 4.78 is 0. The average molecular weight is 152 g/mol. The van der Waals surface area contributed by atoms with E-state index in [1.807, 2.05) is 0 Å². The van der Waals surface area contributed by atoms with Crippen LogP contribution in [0.5, 0.6) is 0 Å². The molecule has 9 heavy (non-hydrogen) atoms. The molecule has 0 amide bonds. The normalized spacial score (nSPS) is 20.7. The van der Waals surface area contributed by atoms with Crippen molar-refractivity contribution < 1.29 is 5.11 Å². The third-order valence-corrected chi connectivity index (χ3v) is 1.57. The van der Waals surface area contributed by atoms with Crippen molar-refractivity contribution in [3.63, 3.8) is 0 Å². The molecule has 0 aromatic heterocycles. The molecule has 0 aliphatic heterocycles. The molecule has 3 heteroatoms. The molecular formula is C6H14ClNO. The third kappa shape index (κ3) is 3.73. The lowest BCUT2D eigenvalue weighted by atomic mass is 10.2. The van der Waals surface area contributed by atoms with E-state index >= 15 is 0 Å². The Kier molecular flexibility index (Phi) is 4.19. The van der Waals surface area contributed by atoms with Crippen molar-refractivity contribution in [1.82, 2.24) is 0 Å². The number of nitrogens with two attached hydrogens (primary N) is 1. The number of aliphatic hydroxyl groups excluding tert-OH is 1. The Bertz CT molecular complexity index is 75.5. The van der Waals surface area contributed by atoms with Gasteiger partial charge in [-0.1, -0.05) is 12.8 Å². The first-order valence-electron chi connectivity index (χ1n) is 3.21. The molecular weight excluding hydrogens is 138 g/mol. The summed E-state index contributed by atoms with van der Waals surface area (Å²) in [5.74, 6) is 0.800. The molecule has 2 nitrogen and oxygen atoms in total. The summed E-state index contributed by atoms with van der Waals surface area (Å²) in [7, 11) is 0. The van der Waals surface area contributed by atoms with Crippen molar-refractivity contribution in [2.45, 2.75) is 25.4 Å². The molecule has 1 aliphatic rings. The van der Waals surface area contributed by atoms with Gasteiger partial charge in [0, 0.05) is 6.54 Å². The molecule has 0 aromatic carbocycles. The Morgan fingerprint density at radius 1 is 1.56 bits per heavy atom. The monoisotopic (exact) mass is 151 g/mol. The van der Waals surface area contributed by atoms with E-state index in [1.165, 1.54) is 12.8 Å². The Hall–Kier alpha value is 0.210. The average Bonchev–Trinajstić information content (AvgIpc) is 2.50. The zero-order valence-electron chi connectivity index (χ0n) is 5.42. The van der Waals surface area contributed by atoms with Crippen LogP contribution < -0.4 is 5.73 Å². The van der Waals surface area contributed by atoms with Crippen molar-refractivity contribution in [1.29, 1.82) is 0 Å². The highest BCUT2D eigenvalue weighted by Crippen LogP contribution is 2.33. The molecule has 1 unspecified atom stereocenters. The lowest BCUT2D eigenvalue weighted by Gasteiger charge is -2.03. The maximum atomic E-state index is 8.94. The quantitative estimate of drug-likeness (QED) is 0.618. The van der Waals surface area contributed by atoms with E-state index in [0.29, 0.717) is 6.54 Å². The molecule has 0 aromatic rings. The van der Waals surface area contributed by atoms with Gasteiger partial charge in [0.2, 0.25) is 0 Å². The summed E-state index contributed by atoms with van der Waals surface area (Å²) in [5, 5.41) is 8.94. The predicted octanol–water partition coefficient (Wildman–Crippen LogP) is 0.528. The van der Waals surface area contributed by atoms with Crippen LogP contribution in [0.15, 0.2) is 0 Å². The minimum absolute atomic E-state index is 0. The van der Waals surface area contributed by atoms with E-state index < -0.39 is 0 Å². The molecule has 0 spiro atoms. The fraction of sp³-hybridized carbons (Fsp3) is 1.00. The van der Waals surface area contributed by atoms with Crippen LogP contribution in [0.2, 0.25) is 0 Å². The molecule has 0 saturated heterocycles. The van der Waals surface area contributed by atoms with Crippen molar-refractivity contribution in [2.24, 2.45) is 11.7 Å². The van der Waals surface area contributed by atoms with Crippen LogP contribution in [-0.2, 0) is 0 Å². The van der Waals surface area contributed by atoms with Gasteiger partial charge in [0.1, 0.15) is 0 Å². The summed E-state index contributed by atoms with van der Waals surface area (Å²) in [6, 6.07) is 0. The van der Waals surface area contributed by atoms with E-state index in [-0.39, 0.29) is 18.5 Å². The third-order valence-electron chi connectivity index (χ3n) is 1.57. The SMILES string of the molecule is Cl.NCC(O)CC1CC1. The predicted molar refractivity (Wildman–Crippen MR) is 39.7 cm³/mol. The van der Waals surface area contributed by atoms with Crippen LogP contribution in [0.4, 0.5) is 0 Å². The van der Waals surface area contributed by atoms with E-state index in [2.05, 4.69) is 0 Å². The second-order valence-electron chi connectivity index (χ2n) is 2.57. The van der Waals surface area contributed by atoms with Crippen LogP contribution >= 0.6 is 12.4 Å². The first-order valence-corrected chi connectivity index (χ1v) is 3.21. The zero-order chi connectivity index (χ0) is 5.98. The summed E-state index contributed by atoms with van der Waals surface area (Å²) in [5.41, 5.74) is 5.20. The molecule has 1 fully saturated rings. The van der Waals surface area contributed by atoms with Crippen LogP contribution in [0.25, 0.3) is 0 Å². The first kappa shape index (κ1) is 9.21. The highest BCUT2D eigenvalue weighted by molar-refractivity contribution is 5.85. The Labute approximate surface area is 61.8 Å². The Balaban J connectivity index is 0.000000640. The zero-order valence-corrected chi connectivity index (χ0v) is 6.23. The van der Waals surface area contributed by atoms with Crippen LogP contribution in [-0.4, -0.2) is 17.8 Å². The highest BCUT2D eigenvalue weighted by Gasteiger charge is 2.23. The smallest absolute Gasteiger partial charge is 0.0665 e. The molecule has 56 valence electrons. The summed E-state index contributed by atoms with van der Waals surface area (Å²) in [6.07, 6.45) is 3.30. The van der Waals surface area contributed by atoms with Gasteiger partial charge in [0.15, 0.2) is 0 Å². The van der Waals surface area contributed by atoms with Gasteiger partial charge in [-0.05, 0) is 12.3 Å². The van der Waals surface area contributed by atoms with E-state index in [1.54, 1.807) is 0 Å². The van der Waals surface area contributed by atoms with Gasteiger partial charge in [-0.25, -0.2) is 0 Å². The number of hydrogen-bond donors (Lipinski definition) is 2. The van der Waals surface area contributed by atoms with Gasteiger partial charge < -0.3 is 10.8 Å². The Morgan fingerprint density at radius 3 is 2.44 bits per heavy atom. The molecule has 1 rings (SSSR count). The minimum atomic E-state index is -0.234. The number of rotatable bonds is 3. The molecule has 0 heterocycles. The minimum Gasteiger partial charge on any atom is -0.392 e. The number of hydrogen-bond acceptors (Lipinski definition) is 2. The van der Waals surface area contributed by atoms with Crippen molar-refractivity contribution >= 4 is 12.4 Å². The van der Waals surface area contributed by atoms with Gasteiger partial charge >= 0.3 is 0 Å². The fourth-order valence-electron chi connectivity index (χ4n) is 0.835. The second-order valence-corrected chi connectivity index (χ2v) is 2.57. The van der Waals surface area contributed by atoms with E-state index in [0.717, 1.165) is 12.3 Å². The van der Waals surface area contributed by atoms with Gasteiger partial charge in [-0.3, -0.25) is 0 Å². The molecule has 3 N–H and O–H groups in total. The summed E-state index contributed by atoms with van der Waals surface area (Å²) in [6.45, 7) is 0.427. The largest absolute Gasteiger partial charge is 0.392 e. The summed E-state index contributed by atoms with van der Waals surface area (Å²) >= 11 is 0. The molecule has 0 radical (unpaired) electrons. The van der Waals surface area contributed by atoms with Gasteiger partial charge in [0.25, 0.3) is 0 Å². The molecule has 1 atom stereocenters. The van der Waals surface area contributed by atoms with E-state index in [4.69, 9.17) is 10.8 Å². The summed E-state index contributed by atoms with van der Waals surface area (Å²) in [4.78, 5) is 0. The van der Waals surface area contributed by atoms with Crippen LogP contribution in [0.1, 0.15) is 19.3 Å².